The third-order valence-electron chi connectivity index (χ3n) is 4.36. The van der Waals surface area contributed by atoms with Crippen molar-refractivity contribution in [1.82, 2.24) is 24.7 Å². The highest BCUT2D eigenvalue weighted by atomic mass is 15.1. The Balaban J connectivity index is 1.86. The number of imidazole rings is 1. The van der Waals surface area contributed by atoms with Gasteiger partial charge < -0.3 is 0 Å². The van der Waals surface area contributed by atoms with Crippen molar-refractivity contribution in [3.05, 3.63) is 72.6 Å². The number of rotatable bonds is 2. The molecule has 5 nitrogen and oxygen atoms in total. The first-order valence-corrected chi connectivity index (χ1v) is 8.15. The van der Waals surface area contributed by atoms with E-state index in [9.17, 15) is 0 Å². The van der Waals surface area contributed by atoms with E-state index in [0.717, 1.165) is 44.8 Å². The van der Waals surface area contributed by atoms with Gasteiger partial charge in [-0.1, -0.05) is 30.3 Å². The lowest BCUT2D eigenvalue weighted by Gasteiger charge is -2.09. The van der Waals surface area contributed by atoms with Crippen LogP contribution in [0.25, 0.3) is 39.1 Å². The summed E-state index contributed by atoms with van der Waals surface area (Å²) in [5.74, 6) is 0.886. The average Bonchev–Trinajstić information content (AvgIpc) is 3.25. The largest absolute Gasteiger partial charge is 0.278 e. The topological polar surface area (TPSA) is 59.4 Å². The van der Waals surface area contributed by atoms with E-state index in [1.165, 1.54) is 0 Å². The Labute approximate surface area is 144 Å². The van der Waals surface area contributed by atoms with Crippen LogP contribution < -0.4 is 0 Å². The molecule has 3 aromatic heterocycles. The number of hydrogen-bond donors (Lipinski definition) is 1. The van der Waals surface area contributed by atoms with Gasteiger partial charge in [-0.3, -0.25) is 9.67 Å². The molecule has 0 spiro atoms. The molecule has 0 aliphatic rings. The SMILES string of the molecule is Cc1ccc2nc(-c3ccccc3)n(-c3ccc4[nH]ncc4c3)c2n1. The van der Waals surface area contributed by atoms with Gasteiger partial charge in [0.2, 0.25) is 0 Å². The second-order valence-electron chi connectivity index (χ2n) is 6.07. The minimum atomic E-state index is 0.863. The van der Waals surface area contributed by atoms with Gasteiger partial charge in [0.05, 0.1) is 11.7 Å². The molecular formula is C20H15N5. The van der Waals surface area contributed by atoms with Crippen molar-refractivity contribution in [2.75, 3.05) is 0 Å². The van der Waals surface area contributed by atoms with Gasteiger partial charge in [0, 0.05) is 22.3 Å². The summed E-state index contributed by atoms with van der Waals surface area (Å²) in [6, 6.07) is 20.4. The van der Waals surface area contributed by atoms with Gasteiger partial charge in [-0.05, 0) is 37.3 Å². The zero-order valence-electron chi connectivity index (χ0n) is 13.6. The summed E-state index contributed by atoms with van der Waals surface area (Å²) in [4.78, 5) is 9.59. The second kappa shape index (κ2) is 5.27. The lowest BCUT2D eigenvalue weighted by molar-refractivity contribution is 1.07. The molecule has 0 unspecified atom stereocenters. The lowest BCUT2D eigenvalue weighted by atomic mass is 10.2. The number of benzene rings is 2. The zero-order chi connectivity index (χ0) is 16.8. The smallest absolute Gasteiger partial charge is 0.165 e. The van der Waals surface area contributed by atoms with Crippen molar-refractivity contribution >= 4 is 22.1 Å². The molecule has 0 fully saturated rings. The fraction of sp³-hybridized carbons (Fsp3) is 0.0500. The maximum absolute atomic E-state index is 4.85. The molecule has 25 heavy (non-hydrogen) atoms. The first-order chi connectivity index (χ1) is 12.3. The number of aromatic nitrogens is 5. The number of nitrogens with one attached hydrogen (secondary N) is 1. The molecule has 2 aromatic carbocycles. The van der Waals surface area contributed by atoms with E-state index < -0.39 is 0 Å². The average molecular weight is 325 g/mol. The third-order valence-corrected chi connectivity index (χ3v) is 4.36. The molecular weight excluding hydrogens is 310 g/mol. The van der Waals surface area contributed by atoms with Crippen LogP contribution in [0, 0.1) is 6.92 Å². The Morgan fingerprint density at radius 1 is 0.920 bits per heavy atom. The van der Waals surface area contributed by atoms with Gasteiger partial charge in [0.25, 0.3) is 0 Å². The summed E-state index contributed by atoms with van der Waals surface area (Å²) in [6.07, 6.45) is 1.83. The normalized spacial score (nSPS) is 11.4. The van der Waals surface area contributed by atoms with Crippen LogP contribution in [0.15, 0.2) is 66.9 Å². The molecule has 0 saturated heterocycles. The number of H-pyrrole nitrogens is 1. The highest BCUT2D eigenvalue weighted by Gasteiger charge is 2.16. The predicted molar refractivity (Wildman–Crippen MR) is 98.7 cm³/mol. The van der Waals surface area contributed by atoms with E-state index in [2.05, 4.69) is 39.0 Å². The van der Waals surface area contributed by atoms with Crippen LogP contribution in [0.1, 0.15) is 5.69 Å². The number of nitrogens with zero attached hydrogens (tertiary/aromatic N) is 4. The molecule has 0 amide bonds. The molecule has 3 heterocycles. The monoisotopic (exact) mass is 325 g/mol. The molecule has 5 rings (SSSR count). The van der Waals surface area contributed by atoms with Gasteiger partial charge in [-0.2, -0.15) is 5.10 Å². The second-order valence-corrected chi connectivity index (χ2v) is 6.07. The quantitative estimate of drug-likeness (QED) is 0.527. The summed E-state index contributed by atoms with van der Waals surface area (Å²) in [7, 11) is 0. The van der Waals surface area contributed by atoms with E-state index in [4.69, 9.17) is 9.97 Å². The molecule has 0 bridgehead atoms. The van der Waals surface area contributed by atoms with E-state index in [0.29, 0.717) is 0 Å². The molecule has 120 valence electrons. The van der Waals surface area contributed by atoms with Crippen LogP contribution in [0.3, 0.4) is 0 Å². The summed E-state index contributed by atoms with van der Waals surface area (Å²) in [5.41, 5.74) is 5.81. The Morgan fingerprint density at radius 2 is 1.80 bits per heavy atom. The van der Waals surface area contributed by atoms with Gasteiger partial charge >= 0.3 is 0 Å². The van der Waals surface area contributed by atoms with Crippen LogP contribution in [0.5, 0.6) is 0 Å². The maximum atomic E-state index is 4.85. The molecule has 0 saturated carbocycles. The van der Waals surface area contributed by atoms with Crippen molar-refractivity contribution in [2.24, 2.45) is 0 Å². The van der Waals surface area contributed by atoms with Crippen LogP contribution in [-0.2, 0) is 0 Å². The van der Waals surface area contributed by atoms with Gasteiger partial charge in [-0.15, -0.1) is 0 Å². The van der Waals surface area contributed by atoms with Gasteiger partial charge in [0.1, 0.15) is 11.3 Å². The first-order valence-electron chi connectivity index (χ1n) is 8.15. The Bertz CT molecular complexity index is 1200. The van der Waals surface area contributed by atoms with E-state index >= 15 is 0 Å². The fourth-order valence-electron chi connectivity index (χ4n) is 3.15. The molecule has 5 heteroatoms. The highest BCUT2D eigenvalue weighted by molar-refractivity contribution is 5.84. The van der Waals surface area contributed by atoms with E-state index in [1.54, 1.807) is 0 Å². The maximum Gasteiger partial charge on any atom is 0.165 e. The van der Waals surface area contributed by atoms with Gasteiger partial charge in [0.15, 0.2) is 5.65 Å². The van der Waals surface area contributed by atoms with Gasteiger partial charge in [-0.25, -0.2) is 9.97 Å². The van der Waals surface area contributed by atoms with Crippen LogP contribution >= 0.6 is 0 Å². The number of aromatic amines is 1. The summed E-state index contributed by atoms with van der Waals surface area (Å²) < 4.78 is 2.12. The van der Waals surface area contributed by atoms with Crippen LogP contribution in [0.4, 0.5) is 0 Å². The number of pyridine rings is 1. The van der Waals surface area contributed by atoms with Crippen molar-refractivity contribution < 1.29 is 0 Å². The molecule has 5 aromatic rings. The van der Waals surface area contributed by atoms with Crippen molar-refractivity contribution in [2.45, 2.75) is 6.92 Å². The number of hydrogen-bond acceptors (Lipinski definition) is 3. The molecule has 0 aliphatic carbocycles. The minimum absolute atomic E-state index is 0.863. The van der Waals surface area contributed by atoms with Crippen molar-refractivity contribution in [1.29, 1.82) is 0 Å². The summed E-state index contributed by atoms with van der Waals surface area (Å²) in [5, 5.41) is 8.17. The summed E-state index contributed by atoms with van der Waals surface area (Å²) >= 11 is 0. The number of fused-ring (bicyclic) bond motifs is 2. The Hall–Kier alpha value is -3.47. The Kier molecular flexibility index (Phi) is 2.94. The molecule has 1 N–H and O–H groups in total. The molecule has 0 aliphatic heterocycles. The fourth-order valence-corrected chi connectivity index (χ4v) is 3.15. The molecule has 0 radical (unpaired) electrons. The predicted octanol–water partition coefficient (Wildman–Crippen LogP) is 4.27. The van der Waals surface area contributed by atoms with Crippen LogP contribution in [-0.4, -0.2) is 24.7 Å². The van der Waals surface area contributed by atoms with E-state index in [-0.39, 0.29) is 0 Å². The number of aryl methyl sites for hydroxylation is 1. The first kappa shape index (κ1) is 13.9. The summed E-state index contributed by atoms with van der Waals surface area (Å²) in [6.45, 7) is 2.00. The van der Waals surface area contributed by atoms with E-state index in [1.807, 2.05) is 49.5 Å². The minimum Gasteiger partial charge on any atom is -0.278 e. The van der Waals surface area contributed by atoms with Crippen molar-refractivity contribution in [3.8, 4) is 17.1 Å². The highest BCUT2D eigenvalue weighted by Crippen LogP contribution is 2.29. The van der Waals surface area contributed by atoms with Crippen LogP contribution in [0.2, 0.25) is 0 Å². The zero-order valence-corrected chi connectivity index (χ0v) is 13.6. The third kappa shape index (κ3) is 2.21. The standard InChI is InChI=1S/C20H15N5/c1-13-7-9-18-20(22-13)25(19(23-18)14-5-3-2-4-6-14)16-8-10-17-15(11-16)12-21-24-17/h2-12H,1H3,(H,21,24). The Morgan fingerprint density at radius 3 is 2.68 bits per heavy atom. The molecule has 0 atom stereocenters. The van der Waals surface area contributed by atoms with Crippen molar-refractivity contribution in [3.63, 3.8) is 0 Å². The lowest BCUT2D eigenvalue weighted by Crippen LogP contribution is -1.99.